The number of unbranched alkanes of at least 4 members (excludes halogenated alkanes) is 2. The predicted molar refractivity (Wildman–Crippen MR) is 123 cm³/mol. The number of rotatable bonds is 11. The molecule has 0 radical (unpaired) electrons. The Kier molecular flexibility index (Phi) is 9.80. The average molecular weight is 451 g/mol. The van der Waals surface area contributed by atoms with E-state index in [-0.39, 0.29) is 23.7 Å². The van der Waals surface area contributed by atoms with Crippen molar-refractivity contribution in [3.63, 3.8) is 0 Å². The molecule has 1 saturated heterocycles. The molecule has 0 spiro atoms. The molecule has 0 bridgehead atoms. The van der Waals surface area contributed by atoms with Gasteiger partial charge >= 0.3 is 5.97 Å². The minimum atomic E-state index is -0.885. The van der Waals surface area contributed by atoms with Gasteiger partial charge in [0.2, 0.25) is 5.82 Å². The molecule has 3 nitrogen and oxygen atoms in total. The third-order valence-corrected chi connectivity index (χ3v) is 7.64. The summed E-state index contributed by atoms with van der Waals surface area (Å²) in [5.41, 5.74) is 0.442. The summed E-state index contributed by atoms with van der Waals surface area (Å²) < 4.78 is 38.7. The summed E-state index contributed by atoms with van der Waals surface area (Å²) in [6.07, 6.45) is 14.8. The van der Waals surface area contributed by atoms with Gasteiger partial charge in [0.15, 0.2) is 11.6 Å². The first-order valence-electron chi connectivity index (χ1n) is 12.7. The van der Waals surface area contributed by atoms with Gasteiger partial charge in [0, 0.05) is 0 Å². The van der Waals surface area contributed by atoms with Crippen molar-refractivity contribution >= 4 is 5.97 Å². The summed E-state index contributed by atoms with van der Waals surface area (Å²) in [7, 11) is 1.35. The van der Waals surface area contributed by atoms with Crippen LogP contribution in [0.15, 0.2) is 12.1 Å². The Morgan fingerprint density at radius 2 is 1.62 bits per heavy atom. The molecule has 2 atom stereocenters. The molecule has 1 saturated carbocycles. The van der Waals surface area contributed by atoms with Gasteiger partial charge in [-0.25, -0.2) is 4.39 Å². The number of hydrogen-bond acceptors (Lipinski definition) is 3. The molecular formula is C27H40F2O3. The second kappa shape index (κ2) is 12.6. The lowest BCUT2D eigenvalue weighted by molar-refractivity contribution is -0.161. The lowest BCUT2D eigenvalue weighted by Gasteiger charge is -2.32. The Labute approximate surface area is 192 Å². The van der Waals surface area contributed by atoms with Crippen LogP contribution < -0.4 is 4.74 Å². The average Bonchev–Trinajstić information content (AvgIpc) is 2.81. The zero-order chi connectivity index (χ0) is 22.9. The summed E-state index contributed by atoms with van der Waals surface area (Å²) in [6.45, 7) is 2.19. The summed E-state index contributed by atoms with van der Waals surface area (Å²) in [5.74, 6) is -0.269. The van der Waals surface area contributed by atoms with Crippen LogP contribution in [0.5, 0.6) is 5.75 Å². The highest BCUT2D eigenvalue weighted by Crippen LogP contribution is 2.36. The number of carbonyl (C=O) groups is 1. The van der Waals surface area contributed by atoms with Crippen molar-refractivity contribution < 1.29 is 23.0 Å². The molecule has 1 aromatic carbocycles. The third kappa shape index (κ3) is 6.92. The number of cyclic esters (lactones) is 1. The topological polar surface area (TPSA) is 35.5 Å². The van der Waals surface area contributed by atoms with Gasteiger partial charge in [0.05, 0.1) is 13.0 Å². The van der Waals surface area contributed by atoms with E-state index in [1.807, 2.05) is 0 Å². The van der Waals surface area contributed by atoms with Crippen molar-refractivity contribution in [3.8, 4) is 5.75 Å². The van der Waals surface area contributed by atoms with Gasteiger partial charge in [-0.15, -0.1) is 0 Å². The molecule has 180 valence electrons. The largest absolute Gasteiger partial charge is 0.494 e. The maximum Gasteiger partial charge on any atom is 0.309 e. The van der Waals surface area contributed by atoms with Gasteiger partial charge in [-0.05, 0) is 68.4 Å². The van der Waals surface area contributed by atoms with Gasteiger partial charge in [-0.3, -0.25) is 4.79 Å². The number of aryl methyl sites for hydroxylation is 1. The van der Waals surface area contributed by atoms with Gasteiger partial charge in [0.25, 0.3) is 0 Å². The van der Waals surface area contributed by atoms with Crippen LogP contribution in [0.4, 0.5) is 8.78 Å². The molecule has 3 rings (SSSR count). The second-order valence-electron chi connectivity index (χ2n) is 9.89. The van der Waals surface area contributed by atoms with Crippen molar-refractivity contribution in [2.75, 3.05) is 7.11 Å². The molecule has 5 heteroatoms. The number of carbonyl (C=O) groups excluding carboxylic acids is 1. The Bertz CT molecular complexity index is 728. The maximum absolute atomic E-state index is 14.2. The number of halogens is 2. The zero-order valence-electron chi connectivity index (χ0n) is 19.8. The lowest BCUT2D eigenvalue weighted by atomic mass is 9.77. The minimum absolute atomic E-state index is 0.0308. The van der Waals surface area contributed by atoms with Gasteiger partial charge < -0.3 is 9.47 Å². The first kappa shape index (κ1) is 25.0. The summed E-state index contributed by atoms with van der Waals surface area (Å²) >= 11 is 0. The van der Waals surface area contributed by atoms with Crippen LogP contribution >= 0.6 is 0 Å². The molecule has 32 heavy (non-hydrogen) atoms. The Morgan fingerprint density at radius 3 is 2.28 bits per heavy atom. The van der Waals surface area contributed by atoms with E-state index in [1.165, 1.54) is 38.9 Å². The van der Waals surface area contributed by atoms with E-state index in [2.05, 4.69) is 6.92 Å². The molecule has 2 fully saturated rings. The van der Waals surface area contributed by atoms with E-state index < -0.39 is 11.6 Å². The van der Waals surface area contributed by atoms with Crippen LogP contribution in [-0.2, 0) is 16.0 Å². The molecule has 0 amide bonds. The summed E-state index contributed by atoms with van der Waals surface area (Å²) in [6, 6.07) is 3.15. The summed E-state index contributed by atoms with van der Waals surface area (Å²) in [4.78, 5) is 12.3. The molecule has 1 aromatic rings. The zero-order valence-corrected chi connectivity index (χ0v) is 19.8. The molecular weight excluding hydrogens is 410 g/mol. The standard InChI is InChI=1S/C27H40F2O3/c1-3-4-5-6-22-14-17-23(32-27(22)30)16-12-20-9-7-19(8-10-20)11-13-21-15-18-24(31-2)26(29)25(21)28/h15,18-20,22-23H,3-14,16-17H2,1-2H3. The van der Waals surface area contributed by atoms with Crippen molar-refractivity contribution in [2.24, 2.45) is 17.8 Å². The van der Waals surface area contributed by atoms with Crippen LogP contribution in [0.2, 0.25) is 0 Å². The van der Waals surface area contributed by atoms with Crippen molar-refractivity contribution in [1.29, 1.82) is 0 Å². The van der Waals surface area contributed by atoms with Crippen molar-refractivity contribution in [1.82, 2.24) is 0 Å². The number of hydrogen-bond donors (Lipinski definition) is 0. The fraction of sp³-hybridized carbons (Fsp3) is 0.741. The molecule has 0 aromatic heterocycles. The van der Waals surface area contributed by atoms with Gasteiger partial charge in [-0.2, -0.15) is 4.39 Å². The van der Waals surface area contributed by atoms with E-state index in [4.69, 9.17) is 9.47 Å². The lowest BCUT2D eigenvalue weighted by Crippen LogP contribution is -2.31. The molecule has 0 N–H and O–H groups in total. The SMILES string of the molecule is CCCCCC1CCC(CCC2CCC(CCc3ccc(OC)c(F)c3F)CC2)OC1=O. The highest BCUT2D eigenvalue weighted by molar-refractivity contribution is 5.73. The highest BCUT2D eigenvalue weighted by Gasteiger charge is 2.30. The number of methoxy groups -OCH3 is 1. The predicted octanol–water partition coefficient (Wildman–Crippen LogP) is 7.39. The Balaban J connectivity index is 1.33. The van der Waals surface area contributed by atoms with Gasteiger partial charge in [-0.1, -0.05) is 57.9 Å². The number of esters is 1. The molecule has 1 heterocycles. The maximum atomic E-state index is 14.2. The van der Waals surface area contributed by atoms with Crippen LogP contribution in [-0.4, -0.2) is 19.2 Å². The fourth-order valence-corrected chi connectivity index (χ4v) is 5.44. The quantitative estimate of drug-likeness (QED) is 0.260. The second-order valence-corrected chi connectivity index (χ2v) is 9.89. The number of benzene rings is 1. The van der Waals surface area contributed by atoms with E-state index in [0.29, 0.717) is 23.8 Å². The third-order valence-electron chi connectivity index (χ3n) is 7.64. The van der Waals surface area contributed by atoms with E-state index in [0.717, 1.165) is 57.8 Å². The van der Waals surface area contributed by atoms with Crippen LogP contribution in [0, 0.1) is 29.4 Å². The minimum Gasteiger partial charge on any atom is -0.494 e. The molecule has 2 unspecified atom stereocenters. The van der Waals surface area contributed by atoms with E-state index in [1.54, 1.807) is 6.07 Å². The van der Waals surface area contributed by atoms with Crippen LogP contribution in [0.25, 0.3) is 0 Å². The van der Waals surface area contributed by atoms with Crippen LogP contribution in [0.3, 0.4) is 0 Å². The van der Waals surface area contributed by atoms with Gasteiger partial charge in [0.1, 0.15) is 6.10 Å². The summed E-state index contributed by atoms with van der Waals surface area (Å²) in [5, 5.41) is 0. The molecule has 1 aliphatic heterocycles. The van der Waals surface area contributed by atoms with Crippen LogP contribution in [0.1, 0.15) is 96.0 Å². The van der Waals surface area contributed by atoms with E-state index in [9.17, 15) is 13.6 Å². The monoisotopic (exact) mass is 450 g/mol. The molecule has 2 aliphatic rings. The smallest absolute Gasteiger partial charge is 0.309 e. The highest BCUT2D eigenvalue weighted by atomic mass is 19.2. The fourth-order valence-electron chi connectivity index (χ4n) is 5.44. The normalized spacial score (nSPS) is 26.1. The van der Waals surface area contributed by atoms with Crippen molar-refractivity contribution in [2.45, 2.75) is 103 Å². The Hall–Kier alpha value is -1.65. The van der Waals surface area contributed by atoms with E-state index >= 15 is 0 Å². The number of ether oxygens (including phenoxy) is 2. The van der Waals surface area contributed by atoms with Crippen molar-refractivity contribution in [3.05, 3.63) is 29.3 Å². The molecule has 1 aliphatic carbocycles. The first-order valence-corrected chi connectivity index (χ1v) is 12.7. The Morgan fingerprint density at radius 1 is 0.906 bits per heavy atom. The first-order chi connectivity index (χ1) is 15.5.